The summed E-state index contributed by atoms with van der Waals surface area (Å²) in [6, 6.07) is 14.4. The zero-order chi connectivity index (χ0) is 18.7. The predicted molar refractivity (Wildman–Crippen MR) is 89.9 cm³/mol. The van der Waals surface area contributed by atoms with Crippen molar-refractivity contribution in [3.63, 3.8) is 0 Å². The van der Waals surface area contributed by atoms with Crippen LogP contribution in [0.4, 0.5) is 18.9 Å². The van der Waals surface area contributed by atoms with E-state index < -0.39 is 17.7 Å². The fourth-order valence-corrected chi connectivity index (χ4v) is 2.40. The summed E-state index contributed by atoms with van der Waals surface area (Å²) >= 11 is 0. The molecule has 26 heavy (non-hydrogen) atoms. The molecule has 0 spiro atoms. The minimum atomic E-state index is -4.41. The van der Waals surface area contributed by atoms with Crippen LogP contribution in [0.25, 0.3) is 11.3 Å². The number of aromatic carboxylic acids is 1. The van der Waals surface area contributed by atoms with Crippen molar-refractivity contribution in [2.24, 2.45) is 0 Å². The minimum Gasteiger partial charge on any atom is -0.478 e. The summed E-state index contributed by atoms with van der Waals surface area (Å²) in [4.78, 5) is 10.8. The highest BCUT2D eigenvalue weighted by molar-refractivity contribution is 5.88. The number of hydrogen-bond donors (Lipinski definition) is 2. The highest BCUT2D eigenvalue weighted by Gasteiger charge is 2.30. The van der Waals surface area contributed by atoms with Crippen molar-refractivity contribution in [3.05, 3.63) is 77.6 Å². The highest BCUT2D eigenvalue weighted by atomic mass is 19.4. The predicted octanol–water partition coefficient (Wildman–Crippen LogP) is 5.28. The van der Waals surface area contributed by atoms with Crippen LogP contribution in [0.5, 0.6) is 0 Å². The Morgan fingerprint density at radius 2 is 1.77 bits per heavy atom. The third kappa shape index (κ3) is 4.05. The van der Waals surface area contributed by atoms with Crippen LogP contribution in [0, 0.1) is 0 Å². The first-order chi connectivity index (χ1) is 12.3. The second-order valence-corrected chi connectivity index (χ2v) is 5.58. The number of carbonyl (C=O) groups is 1. The van der Waals surface area contributed by atoms with Gasteiger partial charge in [0.1, 0.15) is 11.5 Å². The number of rotatable bonds is 5. The number of halogens is 3. The molecule has 0 saturated carbocycles. The molecule has 0 radical (unpaired) electrons. The van der Waals surface area contributed by atoms with E-state index in [0.717, 1.165) is 12.1 Å². The lowest BCUT2D eigenvalue weighted by atomic mass is 10.1. The molecule has 134 valence electrons. The largest absolute Gasteiger partial charge is 0.478 e. The average Bonchev–Trinajstić information content (AvgIpc) is 3.09. The topological polar surface area (TPSA) is 62.5 Å². The third-order valence-electron chi connectivity index (χ3n) is 3.73. The number of alkyl halides is 3. The fourth-order valence-electron chi connectivity index (χ4n) is 2.40. The molecule has 3 rings (SSSR count). The molecule has 1 heterocycles. The monoisotopic (exact) mass is 361 g/mol. The van der Waals surface area contributed by atoms with Crippen LogP contribution in [0.3, 0.4) is 0 Å². The second kappa shape index (κ2) is 6.95. The van der Waals surface area contributed by atoms with Gasteiger partial charge in [-0.3, -0.25) is 0 Å². The van der Waals surface area contributed by atoms with Gasteiger partial charge in [-0.2, -0.15) is 13.2 Å². The number of nitrogens with one attached hydrogen (secondary N) is 1. The summed E-state index contributed by atoms with van der Waals surface area (Å²) < 4.78 is 44.0. The third-order valence-corrected chi connectivity index (χ3v) is 3.73. The number of carboxylic acids is 1. The van der Waals surface area contributed by atoms with E-state index >= 15 is 0 Å². The summed E-state index contributed by atoms with van der Waals surface area (Å²) in [6.45, 7) is 0.311. The Morgan fingerprint density at radius 1 is 1.04 bits per heavy atom. The van der Waals surface area contributed by atoms with E-state index in [4.69, 9.17) is 9.52 Å². The standard InChI is InChI=1S/C19H14F3NO3/c20-19(21,22)14-3-1-2-13(10-14)17-9-8-16(26-17)11-23-15-6-4-12(5-7-15)18(24)25/h1-10,23H,11H2,(H,24,25). The Balaban J connectivity index is 1.69. The van der Waals surface area contributed by atoms with E-state index in [2.05, 4.69) is 5.32 Å². The number of carboxylic acid groups (broad SMARTS) is 1. The molecule has 0 bridgehead atoms. The van der Waals surface area contributed by atoms with Crippen molar-refractivity contribution in [2.75, 3.05) is 5.32 Å². The molecule has 7 heteroatoms. The van der Waals surface area contributed by atoms with Crippen LogP contribution in [0.2, 0.25) is 0 Å². The molecule has 2 aromatic carbocycles. The van der Waals surface area contributed by atoms with Crippen LogP contribution in [0.1, 0.15) is 21.7 Å². The van der Waals surface area contributed by atoms with Crippen molar-refractivity contribution in [2.45, 2.75) is 12.7 Å². The van der Waals surface area contributed by atoms with Gasteiger partial charge in [-0.15, -0.1) is 0 Å². The van der Waals surface area contributed by atoms with Gasteiger partial charge < -0.3 is 14.8 Å². The molecule has 0 fully saturated rings. The summed E-state index contributed by atoms with van der Waals surface area (Å²) in [5, 5.41) is 11.9. The van der Waals surface area contributed by atoms with Crippen molar-refractivity contribution < 1.29 is 27.5 Å². The second-order valence-electron chi connectivity index (χ2n) is 5.58. The number of anilines is 1. The Morgan fingerprint density at radius 3 is 2.42 bits per heavy atom. The zero-order valence-electron chi connectivity index (χ0n) is 13.4. The quantitative estimate of drug-likeness (QED) is 0.649. The van der Waals surface area contributed by atoms with E-state index in [-0.39, 0.29) is 5.56 Å². The first-order valence-corrected chi connectivity index (χ1v) is 7.66. The summed E-state index contributed by atoms with van der Waals surface area (Å²) in [7, 11) is 0. The van der Waals surface area contributed by atoms with Crippen LogP contribution in [-0.2, 0) is 12.7 Å². The summed E-state index contributed by atoms with van der Waals surface area (Å²) in [6.07, 6.45) is -4.41. The van der Waals surface area contributed by atoms with E-state index in [9.17, 15) is 18.0 Å². The van der Waals surface area contributed by atoms with Gasteiger partial charge in [-0.25, -0.2) is 4.79 Å². The fraction of sp³-hybridized carbons (Fsp3) is 0.105. The molecule has 4 nitrogen and oxygen atoms in total. The highest BCUT2D eigenvalue weighted by Crippen LogP contribution is 2.32. The van der Waals surface area contributed by atoms with E-state index in [1.165, 1.54) is 18.2 Å². The molecule has 0 aliphatic rings. The minimum absolute atomic E-state index is 0.181. The van der Waals surface area contributed by atoms with Gasteiger partial charge in [-0.1, -0.05) is 12.1 Å². The maximum absolute atomic E-state index is 12.8. The van der Waals surface area contributed by atoms with Gasteiger partial charge in [-0.05, 0) is 48.5 Å². The lowest BCUT2D eigenvalue weighted by Crippen LogP contribution is -2.04. The van der Waals surface area contributed by atoms with Crippen LogP contribution in [-0.4, -0.2) is 11.1 Å². The smallest absolute Gasteiger partial charge is 0.416 e. The molecule has 0 atom stereocenters. The van der Waals surface area contributed by atoms with Crippen LogP contribution < -0.4 is 5.32 Å². The maximum Gasteiger partial charge on any atom is 0.416 e. The Labute approximate surface area is 146 Å². The summed E-state index contributed by atoms with van der Waals surface area (Å²) in [5.41, 5.74) is 0.494. The maximum atomic E-state index is 12.8. The molecule has 0 aliphatic carbocycles. The molecule has 0 aliphatic heterocycles. The molecule has 1 aromatic heterocycles. The zero-order valence-corrected chi connectivity index (χ0v) is 13.4. The van der Waals surface area contributed by atoms with E-state index in [1.54, 1.807) is 30.3 Å². The van der Waals surface area contributed by atoms with Gasteiger partial charge in [0, 0.05) is 11.3 Å². The first-order valence-electron chi connectivity index (χ1n) is 7.66. The Kier molecular flexibility index (Phi) is 4.71. The van der Waals surface area contributed by atoms with Crippen molar-refractivity contribution in [1.82, 2.24) is 0 Å². The van der Waals surface area contributed by atoms with E-state index in [0.29, 0.717) is 29.3 Å². The number of furan rings is 1. The molecule has 3 aromatic rings. The summed E-state index contributed by atoms with van der Waals surface area (Å²) in [5.74, 6) is -0.123. The van der Waals surface area contributed by atoms with Gasteiger partial charge in [0.15, 0.2) is 0 Å². The van der Waals surface area contributed by atoms with Gasteiger partial charge in [0.25, 0.3) is 0 Å². The Hall–Kier alpha value is -3.22. The van der Waals surface area contributed by atoms with Gasteiger partial charge >= 0.3 is 12.1 Å². The average molecular weight is 361 g/mol. The van der Waals surface area contributed by atoms with Crippen LogP contribution in [0.15, 0.2) is 65.1 Å². The molecular formula is C19H14F3NO3. The first kappa shape index (κ1) is 17.6. The van der Waals surface area contributed by atoms with Crippen molar-refractivity contribution in [1.29, 1.82) is 0 Å². The van der Waals surface area contributed by atoms with Crippen molar-refractivity contribution >= 4 is 11.7 Å². The van der Waals surface area contributed by atoms with Gasteiger partial charge in [0.2, 0.25) is 0 Å². The molecule has 0 saturated heterocycles. The van der Waals surface area contributed by atoms with Crippen LogP contribution >= 0.6 is 0 Å². The lowest BCUT2D eigenvalue weighted by Gasteiger charge is -2.07. The molecule has 0 amide bonds. The molecule has 0 unspecified atom stereocenters. The lowest BCUT2D eigenvalue weighted by molar-refractivity contribution is -0.137. The van der Waals surface area contributed by atoms with E-state index in [1.807, 2.05) is 0 Å². The van der Waals surface area contributed by atoms with Crippen molar-refractivity contribution in [3.8, 4) is 11.3 Å². The van der Waals surface area contributed by atoms with Gasteiger partial charge in [0.05, 0.1) is 17.7 Å². The Bertz CT molecular complexity index is 914. The normalized spacial score (nSPS) is 11.3. The molecular weight excluding hydrogens is 347 g/mol. The SMILES string of the molecule is O=C(O)c1ccc(NCc2ccc(-c3cccc(C(F)(F)F)c3)o2)cc1. The number of hydrogen-bond acceptors (Lipinski definition) is 3. The molecule has 2 N–H and O–H groups in total. The number of benzene rings is 2.